The van der Waals surface area contributed by atoms with E-state index >= 15 is 0 Å². The molecule has 0 bridgehead atoms. The van der Waals surface area contributed by atoms with Crippen molar-refractivity contribution in [3.8, 4) is 0 Å². The van der Waals surface area contributed by atoms with Gasteiger partial charge in [0.05, 0.1) is 6.54 Å². The number of carbonyl (C=O) groups excluding carboxylic acids is 1. The Labute approximate surface area is 167 Å². The first-order valence-corrected chi connectivity index (χ1v) is 11.2. The van der Waals surface area contributed by atoms with Crippen molar-refractivity contribution in [2.75, 3.05) is 45.8 Å². The fourth-order valence-corrected chi connectivity index (χ4v) is 4.51. The first kappa shape index (κ1) is 20.1. The molecule has 3 rings (SSSR count). The third-order valence-corrected chi connectivity index (χ3v) is 6.18. The van der Waals surface area contributed by atoms with Gasteiger partial charge in [0.15, 0.2) is 5.96 Å². The van der Waals surface area contributed by atoms with Gasteiger partial charge < -0.3 is 15.5 Å². The Morgan fingerprint density at radius 3 is 2.67 bits per heavy atom. The van der Waals surface area contributed by atoms with Crippen molar-refractivity contribution in [3.05, 3.63) is 22.4 Å². The van der Waals surface area contributed by atoms with Crippen LogP contribution in [0.1, 0.15) is 38.2 Å². The van der Waals surface area contributed by atoms with Crippen molar-refractivity contribution in [1.29, 1.82) is 0 Å². The van der Waals surface area contributed by atoms with E-state index in [0.29, 0.717) is 18.4 Å². The summed E-state index contributed by atoms with van der Waals surface area (Å²) in [6.45, 7) is 9.20. The minimum absolute atomic E-state index is 0.306. The quantitative estimate of drug-likeness (QED) is 0.552. The van der Waals surface area contributed by atoms with Gasteiger partial charge in [0.25, 0.3) is 0 Å². The van der Waals surface area contributed by atoms with Crippen molar-refractivity contribution >= 4 is 23.2 Å². The Morgan fingerprint density at radius 2 is 2.00 bits per heavy atom. The number of hydrogen-bond donors (Lipinski definition) is 2. The van der Waals surface area contributed by atoms with Crippen LogP contribution in [0.2, 0.25) is 0 Å². The fraction of sp³-hybridized carbons (Fsp3) is 0.700. The Balaban J connectivity index is 1.36. The molecule has 1 amide bonds. The number of amides is 1. The smallest absolute Gasteiger partial charge is 0.225 e. The largest absolute Gasteiger partial charge is 0.357 e. The number of aliphatic imine (C=N–C) groups is 1. The standard InChI is InChI=1S/C20H33N5OS/c1-2-21-20(23-15-17-7-14-27-16-17)22-8-9-24-10-12-25(13-11-24)19(26)18-5-3-4-6-18/h7,14,16,18H,2-6,8-13,15H2,1H3,(H2,21,22,23). The van der Waals surface area contributed by atoms with Gasteiger partial charge in [0.2, 0.25) is 5.91 Å². The molecule has 0 radical (unpaired) electrons. The van der Waals surface area contributed by atoms with Crippen LogP contribution < -0.4 is 10.6 Å². The molecule has 7 heteroatoms. The normalized spacial score (nSPS) is 19.4. The number of guanidine groups is 1. The van der Waals surface area contributed by atoms with Crippen LogP contribution in [-0.2, 0) is 11.3 Å². The van der Waals surface area contributed by atoms with Crippen LogP contribution in [0.15, 0.2) is 21.8 Å². The maximum Gasteiger partial charge on any atom is 0.225 e. The van der Waals surface area contributed by atoms with Crippen molar-refractivity contribution in [2.45, 2.75) is 39.2 Å². The van der Waals surface area contributed by atoms with E-state index in [1.165, 1.54) is 18.4 Å². The van der Waals surface area contributed by atoms with Gasteiger partial charge in [-0.05, 0) is 42.2 Å². The summed E-state index contributed by atoms with van der Waals surface area (Å²) in [7, 11) is 0. The molecule has 150 valence electrons. The molecule has 2 fully saturated rings. The lowest BCUT2D eigenvalue weighted by atomic mass is 10.1. The molecule has 1 saturated heterocycles. The monoisotopic (exact) mass is 391 g/mol. The first-order chi connectivity index (χ1) is 13.3. The third-order valence-electron chi connectivity index (χ3n) is 5.45. The molecular weight excluding hydrogens is 358 g/mol. The summed E-state index contributed by atoms with van der Waals surface area (Å²) >= 11 is 1.71. The predicted octanol–water partition coefficient (Wildman–Crippen LogP) is 2.14. The molecule has 1 aliphatic carbocycles. The van der Waals surface area contributed by atoms with Gasteiger partial charge in [0, 0.05) is 51.7 Å². The highest BCUT2D eigenvalue weighted by atomic mass is 32.1. The number of nitrogens with one attached hydrogen (secondary N) is 2. The van der Waals surface area contributed by atoms with E-state index in [9.17, 15) is 4.79 Å². The van der Waals surface area contributed by atoms with Gasteiger partial charge in [-0.25, -0.2) is 4.99 Å². The van der Waals surface area contributed by atoms with E-state index in [0.717, 1.165) is 64.6 Å². The molecule has 2 aliphatic rings. The summed E-state index contributed by atoms with van der Waals surface area (Å²) in [6.07, 6.45) is 4.65. The molecule has 27 heavy (non-hydrogen) atoms. The number of rotatable bonds is 7. The lowest BCUT2D eigenvalue weighted by Gasteiger charge is -2.36. The number of nitrogens with zero attached hydrogens (tertiary/aromatic N) is 3. The number of carbonyl (C=O) groups is 1. The summed E-state index contributed by atoms with van der Waals surface area (Å²) < 4.78 is 0. The molecule has 1 aromatic heterocycles. The SMILES string of the molecule is CCNC(=NCc1ccsc1)NCCN1CCN(C(=O)C2CCCC2)CC1. The van der Waals surface area contributed by atoms with Gasteiger partial charge in [-0.2, -0.15) is 11.3 Å². The van der Waals surface area contributed by atoms with E-state index in [1.807, 2.05) is 0 Å². The van der Waals surface area contributed by atoms with Gasteiger partial charge in [-0.15, -0.1) is 0 Å². The van der Waals surface area contributed by atoms with Crippen molar-refractivity contribution < 1.29 is 4.79 Å². The van der Waals surface area contributed by atoms with Crippen molar-refractivity contribution in [2.24, 2.45) is 10.9 Å². The predicted molar refractivity (Wildman–Crippen MR) is 112 cm³/mol. The van der Waals surface area contributed by atoms with Crippen LogP contribution in [0.5, 0.6) is 0 Å². The van der Waals surface area contributed by atoms with Crippen LogP contribution in [-0.4, -0.2) is 67.5 Å². The van der Waals surface area contributed by atoms with E-state index in [1.54, 1.807) is 11.3 Å². The van der Waals surface area contributed by atoms with Crippen molar-refractivity contribution in [1.82, 2.24) is 20.4 Å². The van der Waals surface area contributed by atoms with Gasteiger partial charge in [-0.1, -0.05) is 12.8 Å². The minimum atomic E-state index is 0.306. The highest BCUT2D eigenvalue weighted by molar-refractivity contribution is 7.07. The van der Waals surface area contributed by atoms with Crippen LogP contribution >= 0.6 is 11.3 Å². The zero-order valence-corrected chi connectivity index (χ0v) is 17.3. The second-order valence-electron chi connectivity index (χ2n) is 7.40. The number of hydrogen-bond acceptors (Lipinski definition) is 4. The summed E-state index contributed by atoms with van der Waals surface area (Å²) in [4.78, 5) is 21.7. The Bertz CT molecular complexity index is 590. The van der Waals surface area contributed by atoms with E-state index in [2.05, 4.69) is 49.2 Å². The van der Waals surface area contributed by atoms with E-state index < -0.39 is 0 Å². The molecule has 2 N–H and O–H groups in total. The van der Waals surface area contributed by atoms with E-state index in [4.69, 9.17) is 0 Å². The first-order valence-electron chi connectivity index (χ1n) is 10.3. The molecule has 1 aromatic rings. The molecule has 6 nitrogen and oxygen atoms in total. The molecular formula is C20H33N5OS. The third kappa shape index (κ3) is 6.21. The topological polar surface area (TPSA) is 60.0 Å². The zero-order chi connectivity index (χ0) is 18.9. The summed E-state index contributed by atoms with van der Waals surface area (Å²) in [5.41, 5.74) is 1.25. The van der Waals surface area contributed by atoms with Gasteiger partial charge >= 0.3 is 0 Å². The number of piperazine rings is 1. The van der Waals surface area contributed by atoms with Gasteiger partial charge in [0.1, 0.15) is 0 Å². The van der Waals surface area contributed by atoms with E-state index in [-0.39, 0.29) is 0 Å². The average molecular weight is 392 g/mol. The average Bonchev–Trinajstić information content (AvgIpc) is 3.40. The van der Waals surface area contributed by atoms with Crippen LogP contribution in [0.3, 0.4) is 0 Å². The number of thiophene rings is 1. The fourth-order valence-electron chi connectivity index (χ4n) is 3.85. The van der Waals surface area contributed by atoms with Crippen LogP contribution in [0, 0.1) is 5.92 Å². The Kier molecular flexibility index (Phi) is 7.95. The molecule has 1 saturated carbocycles. The maximum atomic E-state index is 12.5. The lowest BCUT2D eigenvalue weighted by Crippen LogP contribution is -2.51. The molecule has 0 spiro atoms. The minimum Gasteiger partial charge on any atom is -0.357 e. The molecule has 0 unspecified atom stereocenters. The maximum absolute atomic E-state index is 12.5. The second-order valence-corrected chi connectivity index (χ2v) is 8.18. The summed E-state index contributed by atoms with van der Waals surface area (Å²) in [6, 6.07) is 2.12. The molecule has 1 aliphatic heterocycles. The Morgan fingerprint density at radius 1 is 1.22 bits per heavy atom. The van der Waals surface area contributed by atoms with Crippen LogP contribution in [0.4, 0.5) is 0 Å². The summed E-state index contributed by atoms with van der Waals surface area (Å²) in [5.74, 6) is 1.58. The highest BCUT2D eigenvalue weighted by Crippen LogP contribution is 2.26. The second kappa shape index (κ2) is 10.7. The summed E-state index contributed by atoms with van der Waals surface area (Å²) in [5, 5.41) is 11.0. The van der Waals surface area contributed by atoms with Crippen molar-refractivity contribution in [3.63, 3.8) is 0 Å². The highest BCUT2D eigenvalue weighted by Gasteiger charge is 2.29. The van der Waals surface area contributed by atoms with Crippen LogP contribution in [0.25, 0.3) is 0 Å². The zero-order valence-electron chi connectivity index (χ0n) is 16.5. The molecule has 0 aromatic carbocycles. The Hall–Kier alpha value is -1.60. The lowest BCUT2D eigenvalue weighted by molar-refractivity contribution is -0.137. The molecule has 2 heterocycles. The van der Waals surface area contributed by atoms with Gasteiger partial charge in [-0.3, -0.25) is 9.69 Å². The molecule has 0 atom stereocenters.